The van der Waals surface area contributed by atoms with Gasteiger partial charge in [-0.2, -0.15) is 0 Å². The van der Waals surface area contributed by atoms with Gasteiger partial charge in [0.2, 0.25) is 0 Å². The normalized spacial score (nSPS) is 24.5. The summed E-state index contributed by atoms with van der Waals surface area (Å²) in [5.74, 6) is 0. The van der Waals surface area contributed by atoms with Crippen molar-refractivity contribution in [3.05, 3.63) is 0 Å². The zero-order chi connectivity index (χ0) is 6.20. The Bertz CT molecular complexity index is 105. The van der Waals surface area contributed by atoms with Crippen LogP contribution in [0.15, 0.2) is 0 Å². The van der Waals surface area contributed by atoms with Gasteiger partial charge >= 0.3 is 6.41 Å². The lowest BCUT2D eigenvalue weighted by atomic mass is 10.0. The van der Waals surface area contributed by atoms with Crippen molar-refractivity contribution in [3.63, 3.8) is 0 Å². The molecule has 1 aliphatic rings. The predicted molar refractivity (Wildman–Crippen MR) is 26.8 cm³/mol. The zero-order valence-corrected chi connectivity index (χ0v) is 4.65. The number of amides is 1. The van der Waals surface area contributed by atoms with Crippen molar-refractivity contribution in [1.82, 2.24) is 4.90 Å². The van der Waals surface area contributed by atoms with E-state index in [2.05, 4.69) is 0 Å². The van der Waals surface area contributed by atoms with E-state index in [0.717, 1.165) is 0 Å². The van der Waals surface area contributed by atoms with Crippen LogP contribution in [0.3, 0.4) is 0 Å². The molecule has 0 unspecified atom stereocenters. The van der Waals surface area contributed by atoms with E-state index in [-0.39, 0.29) is 13.1 Å². The Balaban J connectivity index is 2.31. The number of rotatable bonds is 1. The average molecular weight is 116 g/mol. The summed E-state index contributed by atoms with van der Waals surface area (Å²) >= 11 is 0. The summed E-state index contributed by atoms with van der Waals surface area (Å²) in [6.07, 6.45) is 1.60. The molecule has 45 valence electrons. The van der Waals surface area contributed by atoms with E-state index in [1.807, 2.05) is 0 Å². The molecule has 1 aliphatic heterocycles. The standard InChI is InChI=1S/C5H7FNO/c1-5(6)2-7(3-5)4-8/h2-3H2,1H3. The molecule has 1 amide bonds. The fourth-order valence-corrected chi connectivity index (χ4v) is 0.814. The summed E-state index contributed by atoms with van der Waals surface area (Å²) in [6, 6.07) is 0. The molecule has 0 atom stereocenters. The molecule has 0 aromatic carbocycles. The van der Waals surface area contributed by atoms with Gasteiger partial charge in [-0.05, 0) is 6.92 Å². The highest BCUT2D eigenvalue weighted by Crippen LogP contribution is 2.21. The fourth-order valence-electron chi connectivity index (χ4n) is 0.814. The van der Waals surface area contributed by atoms with Gasteiger partial charge < -0.3 is 4.90 Å². The SMILES string of the molecule is CC1(F)CN([C]=O)C1. The van der Waals surface area contributed by atoms with E-state index >= 15 is 0 Å². The highest BCUT2D eigenvalue weighted by atomic mass is 19.1. The van der Waals surface area contributed by atoms with Crippen molar-refractivity contribution in [2.75, 3.05) is 13.1 Å². The Labute approximate surface area is 47.3 Å². The number of hydrogen-bond acceptors (Lipinski definition) is 1. The van der Waals surface area contributed by atoms with E-state index in [0.29, 0.717) is 0 Å². The first-order chi connectivity index (χ1) is 3.64. The number of alkyl halides is 1. The molecule has 1 saturated heterocycles. The third-order valence-electron chi connectivity index (χ3n) is 1.17. The maximum Gasteiger partial charge on any atom is 0.312 e. The lowest BCUT2D eigenvalue weighted by molar-refractivity contribution is 0.0288. The summed E-state index contributed by atoms with van der Waals surface area (Å²) in [7, 11) is 0. The molecule has 0 aromatic rings. The van der Waals surface area contributed by atoms with Crippen molar-refractivity contribution < 1.29 is 9.18 Å². The summed E-state index contributed by atoms with van der Waals surface area (Å²) in [5, 5.41) is 0. The second kappa shape index (κ2) is 1.44. The fraction of sp³-hybridized carbons (Fsp3) is 0.800. The van der Waals surface area contributed by atoms with Crippen molar-refractivity contribution in [2.45, 2.75) is 12.6 Å². The summed E-state index contributed by atoms with van der Waals surface area (Å²) in [4.78, 5) is 11.0. The summed E-state index contributed by atoms with van der Waals surface area (Å²) in [6.45, 7) is 1.88. The second-order valence-electron chi connectivity index (χ2n) is 2.36. The minimum absolute atomic E-state index is 0.205. The van der Waals surface area contributed by atoms with Crippen LogP contribution in [0.4, 0.5) is 4.39 Å². The monoisotopic (exact) mass is 116 g/mol. The molecular formula is C5H7FNO. The van der Waals surface area contributed by atoms with Crippen LogP contribution in [-0.4, -0.2) is 30.1 Å². The Hall–Kier alpha value is -0.600. The van der Waals surface area contributed by atoms with Gasteiger partial charge in [0.1, 0.15) is 5.67 Å². The van der Waals surface area contributed by atoms with E-state index in [1.54, 1.807) is 6.41 Å². The molecular weight excluding hydrogens is 109 g/mol. The molecule has 0 aliphatic carbocycles. The topological polar surface area (TPSA) is 20.3 Å². The second-order valence-corrected chi connectivity index (χ2v) is 2.36. The number of halogens is 1. The molecule has 3 heteroatoms. The molecule has 0 N–H and O–H groups in total. The first-order valence-corrected chi connectivity index (χ1v) is 2.46. The highest BCUT2D eigenvalue weighted by Gasteiger charge is 2.38. The predicted octanol–water partition coefficient (Wildman–Crippen LogP) is 0.0974. The smallest absolute Gasteiger partial charge is 0.312 e. The molecule has 1 fully saturated rings. The van der Waals surface area contributed by atoms with Crippen LogP contribution in [0.2, 0.25) is 0 Å². The van der Waals surface area contributed by atoms with Crippen molar-refractivity contribution >= 4 is 6.41 Å². The molecule has 0 aromatic heterocycles. The molecule has 1 rings (SSSR count). The van der Waals surface area contributed by atoms with Crippen molar-refractivity contribution in [1.29, 1.82) is 0 Å². The Morgan fingerprint density at radius 3 is 2.38 bits per heavy atom. The minimum atomic E-state index is -1.14. The van der Waals surface area contributed by atoms with Crippen LogP contribution in [0, 0.1) is 0 Å². The lowest BCUT2D eigenvalue weighted by Crippen LogP contribution is -2.56. The quantitative estimate of drug-likeness (QED) is 0.475. The van der Waals surface area contributed by atoms with Crippen LogP contribution in [-0.2, 0) is 4.79 Å². The Morgan fingerprint density at radius 2 is 2.25 bits per heavy atom. The van der Waals surface area contributed by atoms with E-state index in [4.69, 9.17) is 0 Å². The molecule has 0 spiro atoms. The molecule has 1 radical (unpaired) electrons. The Kier molecular flexibility index (Phi) is 0.994. The van der Waals surface area contributed by atoms with Gasteiger partial charge in [0.05, 0.1) is 13.1 Å². The average Bonchev–Trinajstić information content (AvgIpc) is 1.60. The van der Waals surface area contributed by atoms with Crippen molar-refractivity contribution in [2.24, 2.45) is 0 Å². The first-order valence-electron chi connectivity index (χ1n) is 2.46. The number of carbonyl (C=O) groups excluding carboxylic acids is 1. The maximum absolute atomic E-state index is 12.4. The third-order valence-corrected chi connectivity index (χ3v) is 1.17. The van der Waals surface area contributed by atoms with Gasteiger partial charge in [0, 0.05) is 0 Å². The lowest BCUT2D eigenvalue weighted by Gasteiger charge is -2.38. The highest BCUT2D eigenvalue weighted by molar-refractivity contribution is 5.50. The van der Waals surface area contributed by atoms with Gasteiger partial charge in [0.25, 0.3) is 0 Å². The van der Waals surface area contributed by atoms with Crippen LogP contribution >= 0.6 is 0 Å². The number of likely N-dealkylation sites (tertiary alicyclic amines) is 1. The maximum atomic E-state index is 12.4. The van der Waals surface area contributed by atoms with E-state index in [9.17, 15) is 9.18 Å². The number of hydrogen-bond donors (Lipinski definition) is 0. The van der Waals surface area contributed by atoms with Gasteiger partial charge in [-0.25, -0.2) is 4.39 Å². The summed E-state index contributed by atoms with van der Waals surface area (Å²) < 4.78 is 12.4. The molecule has 2 nitrogen and oxygen atoms in total. The van der Waals surface area contributed by atoms with Crippen molar-refractivity contribution in [3.8, 4) is 0 Å². The number of nitrogens with zero attached hydrogens (tertiary/aromatic N) is 1. The first kappa shape index (κ1) is 5.54. The van der Waals surface area contributed by atoms with E-state index in [1.165, 1.54) is 11.8 Å². The van der Waals surface area contributed by atoms with Crippen LogP contribution in [0.5, 0.6) is 0 Å². The molecule has 8 heavy (non-hydrogen) atoms. The minimum Gasteiger partial charge on any atom is -0.328 e. The van der Waals surface area contributed by atoms with E-state index < -0.39 is 5.67 Å². The zero-order valence-electron chi connectivity index (χ0n) is 4.65. The van der Waals surface area contributed by atoms with Crippen LogP contribution < -0.4 is 0 Å². The molecule has 1 heterocycles. The summed E-state index contributed by atoms with van der Waals surface area (Å²) in [5.41, 5.74) is -1.14. The van der Waals surface area contributed by atoms with Gasteiger partial charge in [0.15, 0.2) is 0 Å². The molecule has 0 saturated carbocycles. The van der Waals surface area contributed by atoms with Gasteiger partial charge in [-0.3, -0.25) is 4.79 Å². The third kappa shape index (κ3) is 0.804. The van der Waals surface area contributed by atoms with Crippen LogP contribution in [0.1, 0.15) is 6.92 Å². The van der Waals surface area contributed by atoms with Gasteiger partial charge in [-0.1, -0.05) is 0 Å². The largest absolute Gasteiger partial charge is 0.328 e. The Morgan fingerprint density at radius 1 is 1.75 bits per heavy atom. The van der Waals surface area contributed by atoms with Gasteiger partial charge in [-0.15, -0.1) is 0 Å². The van der Waals surface area contributed by atoms with Crippen LogP contribution in [0.25, 0.3) is 0 Å². The molecule has 0 bridgehead atoms.